The normalized spacial score (nSPS) is 10.3. The van der Waals surface area contributed by atoms with E-state index in [0.717, 1.165) is 25.9 Å². The minimum Gasteiger partial charge on any atom is -0.453 e. The van der Waals surface area contributed by atoms with Gasteiger partial charge in [0.2, 0.25) is 0 Å². The summed E-state index contributed by atoms with van der Waals surface area (Å²) >= 11 is 0. The Balaban J connectivity index is 3.76. The number of carbonyl (C=O) groups is 1. The average molecular weight is 243 g/mol. The van der Waals surface area contributed by atoms with Gasteiger partial charge in [-0.3, -0.25) is 0 Å². The first-order valence-electron chi connectivity index (χ1n) is 7.09. The van der Waals surface area contributed by atoms with Crippen LogP contribution in [0.1, 0.15) is 65.2 Å². The van der Waals surface area contributed by atoms with E-state index >= 15 is 0 Å². The lowest BCUT2D eigenvalue weighted by Crippen LogP contribution is -2.32. The SMILES string of the molecule is CCCCCCN(CCCCCC)C(=O)OC. The molecule has 102 valence electrons. The first-order valence-corrected chi connectivity index (χ1v) is 7.09. The van der Waals surface area contributed by atoms with Crippen LogP contribution in [-0.2, 0) is 4.74 Å². The molecule has 0 radical (unpaired) electrons. The fraction of sp³-hybridized carbons (Fsp3) is 0.929. The summed E-state index contributed by atoms with van der Waals surface area (Å²) in [6.45, 7) is 6.09. The Hall–Kier alpha value is -0.730. The number of methoxy groups -OCH3 is 1. The van der Waals surface area contributed by atoms with E-state index in [1.54, 1.807) is 0 Å². The third-order valence-corrected chi connectivity index (χ3v) is 3.00. The minimum absolute atomic E-state index is 0.169. The molecule has 0 spiro atoms. The summed E-state index contributed by atoms with van der Waals surface area (Å²) in [7, 11) is 1.47. The molecule has 0 atom stereocenters. The Morgan fingerprint density at radius 2 is 1.35 bits per heavy atom. The Labute approximate surface area is 107 Å². The second-order valence-electron chi connectivity index (χ2n) is 4.58. The van der Waals surface area contributed by atoms with Gasteiger partial charge in [0.1, 0.15) is 0 Å². The number of hydrogen-bond acceptors (Lipinski definition) is 2. The Morgan fingerprint density at radius 1 is 0.882 bits per heavy atom. The molecule has 3 nitrogen and oxygen atoms in total. The largest absolute Gasteiger partial charge is 0.453 e. The van der Waals surface area contributed by atoms with Gasteiger partial charge in [-0.15, -0.1) is 0 Å². The number of unbranched alkanes of at least 4 members (excludes halogenated alkanes) is 6. The van der Waals surface area contributed by atoms with Crippen LogP contribution in [0, 0.1) is 0 Å². The van der Waals surface area contributed by atoms with Gasteiger partial charge in [0.25, 0.3) is 0 Å². The van der Waals surface area contributed by atoms with Crippen LogP contribution in [0.2, 0.25) is 0 Å². The summed E-state index contributed by atoms with van der Waals surface area (Å²) in [5.41, 5.74) is 0. The van der Waals surface area contributed by atoms with Gasteiger partial charge in [0.05, 0.1) is 7.11 Å². The van der Waals surface area contributed by atoms with Crippen molar-refractivity contribution in [1.29, 1.82) is 0 Å². The Morgan fingerprint density at radius 3 is 1.71 bits per heavy atom. The van der Waals surface area contributed by atoms with Crippen molar-refractivity contribution < 1.29 is 9.53 Å². The number of nitrogens with zero attached hydrogens (tertiary/aromatic N) is 1. The van der Waals surface area contributed by atoms with E-state index in [-0.39, 0.29) is 6.09 Å². The van der Waals surface area contributed by atoms with Crippen LogP contribution in [0.3, 0.4) is 0 Å². The molecule has 0 unspecified atom stereocenters. The van der Waals surface area contributed by atoms with Crippen molar-refractivity contribution in [3.63, 3.8) is 0 Å². The summed E-state index contributed by atoms with van der Waals surface area (Å²) in [4.78, 5) is 13.4. The molecule has 0 aromatic heterocycles. The summed E-state index contributed by atoms with van der Waals surface area (Å²) in [6, 6.07) is 0. The average Bonchev–Trinajstić information content (AvgIpc) is 2.36. The maximum absolute atomic E-state index is 11.5. The van der Waals surface area contributed by atoms with Gasteiger partial charge in [-0.05, 0) is 12.8 Å². The monoisotopic (exact) mass is 243 g/mol. The predicted molar refractivity (Wildman–Crippen MR) is 72.3 cm³/mol. The fourth-order valence-corrected chi connectivity index (χ4v) is 1.88. The quantitative estimate of drug-likeness (QED) is 0.538. The van der Waals surface area contributed by atoms with Crippen molar-refractivity contribution in [1.82, 2.24) is 4.90 Å². The molecule has 0 aliphatic rings. The van der Waals surface area contributed by atoms with Crippen LogP contribution < -0.4 is 0 Å². The van der Waals surface area contributed by atoms with E-state index in [1.807, 2.05) is 4.90 Å². The first kappa shape index (κ1) is 16.3. The van der Waals surface area contributed by atoms with E-state index in [0.29, 0.717) is 0 Å². The number of amides is 1. The van der Waals surface area contributed by atoms with E-state index in [9.17, 15) is 4.79 Å². The molecule has 17 heavy (non-hydrogen) atoms. The Bertz CT molecular complexity index is 171. The molecule has 0 heterocycles. The second-order valence-corrected chi connectivity index (χ2v) is 4.58. The van der Waals surface area contributed by atoms with Gasteiger partial charge in [0.15, 0.2) is 0 Å². The lowest BCUT2D eigenvalue weighted by atomic mass is 10.2. The van der Waals surface area contributed by atoms with Crippen molar-refractivity contribution in [2.75, 3.05) is 20.2 Å². The summed E-state index contributed by atoms with van der Waals surface area (Å²) < 4.78 is 4.81. The van der Waals surface area contributed by atoms with Crippen LogP contribution in [-0.4, -0.2) is 31.2 Å². The molecule has 0 rings (SSSR count). The maximum atomic E-state index is 11.5. The molecule has 1 amide bonds. The van der Waals surface area contributed by atoms with Crippen molar-refractivity contribution in [3.8, 4) is 0 Å². The van der Waals surface area contributed by atoms with Gasteiger partial charge < -0.3 is 9.64 Å². The van der Waals surface area contributed by atoms with Crippen LogP contribution >= 0.6 is 0 Å². The van der Waals surface area contributed by atoms with Crippen molar-refractivity contribution in [2.45, 2.75) is 65.2 Å². The molecule has 0 fully saturated rings. The van der Waals surface area contributed by atoms with Crippen molar-refractivity contribution in [3.05, 3.63) is 0 Å². The zero-order valence-electron chi connectivity index (χ0n) is 11.8. The molecule has 0 bridgehead atoms. The summed E-state index contributed by atoms with van der Waals surface area (Å²) in [5.74, 6) is 0. The molecule has 0 saturated heterocycles. The minimum atomic E-state index is -0.169. The highest BCUT2D eigenvalue weighted by atomic mass is 16.5. The smallest absolute Gasteiger partial charge is 0.409 e. The topological polar surface area (TPSA) is 29.5 Å². The molecule has 3 heteroatoms. The number of rotatable bonds is 10. The molecule has 0 saturated carbocycles. The highest BCUT2D eigenvalue weighted by Crippen LogP contribution is 2.06. The van der Waals surface area contributed by atoms with E-state index in [2.05, 4.69) is 13.8 Å². The standard InChI is InChI=1S/C14H29NO2/c1-4-6-8-10-12-15(14(16)17-3)13-11-9-7-5-2/h4-13H2,1-3H3. The zero-order valence-corrected chi connectivity index (χ0v) is 11.8. The van der Waals surface area contributed by atoms with Crippen LogP contribution in [0.5, 0.6) is 0 Å². The van der Waals surface area contributed by atoms with E-state index < -0.39 is 0 Å². The summed E-state index contributed by atoms with van der Waals surface area (Å²) in [5, 5.41) is 0. The molecular weight excluding hydrogens is 214 g/mol. The third kappa shape index (κ3) is 9.02. The van der Waals surface area contributed by atoms with Gasteiger partial charge in [-0.1, -0.05) is 52.4 Å². The molecule has 0 aromatic rings. The number of ether oxygens (including phenoxy) is 1. The first-order chi connectivity index (χ1) is 8.26. The molecule has 0 N–H and O–H groups in total. The molecule has 0 aromatic carbocycles. The number of hydrogen-bond donors (Lipinski definition) is 0. The fourth-order valence-electron chi connectivity index (χ4n) is 1.88. The highest BCUT2D eigenvalue weighted by molar-refractivity contribution is 5.67. The van der Waals surface area contributed by atoms with Gasteiger partial charge >= 0.3 is 6.09 Å². The van der Waals surface area contributed by atoms with Gasteiger partial charge in [-0.25, -0.2) is 4.79 Å². The van der Waals surface area contributed by atoms with Crippen LogP contribution in [0.25, 0.3) is 0 Å². The highest BCUT2D eigenvalue weighted by Gasteiger charge is 2.12. The predicted octanol–water partition coefficient (Wildman–Crippen LogP) is 4.22. The van der Waals surface area contributed by atoms with E-state index in [1.165, 1.54) is 45.6 Å². The Kier molecular flexibility index (Phi) is 11.2. The summed E-state index contributed by atoms with van der Waals surface area (Å²) in [6.07, 6.45) is 9.41. The molecule has 0 aliphatic carbocycles. The van der Waals surface area contributed by atoms with Crippen LogP contribution in [0.4, 0.5) is 4.79 Å². The second kappa shape index (κ2) is 11.7. The molecular formula is C14H29NO2. The lowest BCUT2D eigenvalue weighted by Gasteiger charge is -2.21. The van der Waals surface area contributed by atoms with Crippen molar-refractivity contribution in [2.24, 2.45) is 0 Å². The van der Waals surface area contributed by atoms with Crippen molar-refractivity contribution >= 4 is 6.09 Å². The maximum Gasteiger partial charge on any atom is 0.409 e. The van der Waals surface area contributed by atoms with Crippen LogP contribution in [0.15, 0.2) is 0 Å². The third-order valence-electron chi connectivity index (χ3n) is 3.00. The zero-order chi connectivity index (χ0) is 12.9. The van der Waals surface area contributed by atoms with Gasteiger partial charge in [0, 0.05) is 13.1 Å². The van der Waals surface area contributed by atoms with Gasteiger partial charge in [-0.2, -0.15) is 0 Å². The van der Waals surface area contributed by atoms with E-state index in [4.69, 9.17) is 4.74 Å². The number of carbonyl (C=O) groups excluding carboxylic acids is 1. The molecule has 0 aliphatic heterocycles. The lowest BCUT2D eigenvalue weighted by molar-refractivity contribution is 0.122.